The Morgan fingerprint density at radius 2 is 2.00 bits per heavy atom. The van der Waals surface area contributed by atoms with Gasteiger partial charge in [-0.1, -0.05) is 0 Å². The van der Waals surface area contributed by atoms with E-state index in [4.69, 9.17) is 0 Å². The molecule has 1 aliphatic carbocycles. The van der Waals surface area contributed by atoms with Crippen molar-refractivity contribution in [3.8, 4) is 0 Å². The molecule has 2 amide bonds. The first-order valence-corrected chi connectivity index (χ1v) is 7.63. The van der Waals surface area contributed by atoms with Crippen LogP contribution in [0.25, 0.3) is 0 Å². The fourth-order valence-electron chi connectivity index (χ4n) is 2.56. The highest BCUT2D eigenvalue weighted by Gasteiger charge is 2.22. The summed E-state index contributed by atoms with van der Waals surface area (Å²) in [6.45, 7) is 2.07. The number of nitrogens with zero attached hydrogens (tertiary/aromatic N) is 1. The molecule has 5 nitrogen and oxygen atoms in total. The summed E-state index contributed by atoms with van der Waals surface area (Å²) in [4.78, 5) is 25.2. The summed E-state index contributed by atoms with van der Waals surface area (Å²) in [6, 6.07) is 7.46. The molecule has 2 aliphatic rings. The number of amides is 2. The Bertz CT molecular complexity index is 523. The summed E-state index contributed by atoms with van der Waals surface area (Å²) in [6.07, 6.45) is 4.12. The van der Waals surface area contributed by atoms with Crippen LogP contribution in [-0.4, -0.2) is 31.4 Å². The van der Waals surface area contributed by atoms with Gasteiger partial charge in [-0.05, 0) is 56.0 Å². The minimum absolute atomic E-state index is 0.0272. The van der Waals surface area contributed by atoms with Crippen molar-refractivity contribution in [2.45, 2.75) is 25.7 Å². The zero-order valence-electron chi connectivity index (χ0n) is 12.1. The molecule has 3 rings (SSSR count). The molecule has 0 unspecified atom stereocenters. The number of benzene rings is 1. The zero-order chi connectivity index (χ0) is 14.7. The monoisotopic (exact) mass is 287 g/mol. The average Bonchev–Trinajstić information content (AvgIpc) is 3.20. The first kappa shape index (κ1) is 14.1. The summed E-state index contributed by atoms with van der Waals surface area (Å²) in [5.41, 5.74) is 1.67. The predicted molar refractivity (Wildman–Crippen MR) is 82.3 cm³/mol. The molecule has 1 heterocycles. The molecule has 1 aromatic carbocycles. The van der Waals surface area contributed by atoms with Gasteiger partial charge in [0.1, 0.15) is 0 Å². The van der Waals surface area contributed by atoms with Crippen molar-refractivity contribution < 1.29 is 9.59 Å². The van der Waals surface area contributed by atoms with Crippen molar-refractivity contribution >= 4 is 23.2 Å². The highest BCUT2D eigenvalue weighted by Crippen LogP contribution is 2.27. The second-order valence-electron chi connectivity index (χ2n) is 5.82. The highest BCUT2D eigenvalue weighted by atomic mass is 16.2. The Morgan fingerprint density at radius 3 is 2.62 bits per heavy atom. The number of nitrogens with one attached hydrogen (secondary N) is 2. The molecule has 1 aliphatic heterocycles. The average molecular weight is 287 g/mol. The standard InChI is InChI=1S/C16H21N3O2/c20-15(11-17-10-12-3-4-12)18-13-5-7-14(8-6-13)19-9-1-2-16(19)21/h5-8,12,17H,1-4,9-11H2,(H,18,20). The molecule has 2 fully saturated rings. The van der Waals surface area contributed by atoms with Crippen LogP contribution in [0, 0.1) is 5.92 Å². The minimum Gasteiger partial charge on any atom is -0.325 e. The molecule has 0 aromatic heterocycles. The van der Waals surface area contributed by atoms with Gasteiger partial charge in [0.05, 0.1) is 6.54 Å². The maximum atomic E-state index is 11.8. The van der Waals surface area contributed by atoms with Crippen LogP contribution in [0.15, 0.2) is 24.3 Å². The Labute approximate surface area is 124 Å². The van der Waals surface area contributed by atoms with Crippen molar-refractivity contribution in [1.82, 2.24) is 5.32 Å². The maximum absolute atomic E-state index is 11.8. The van der Waals surface area contributed by atoms with E-state index in [0.717, 1.165) is 36.8 Å². The first-order valence-electron chi connectivity index (χ1n) is 7.63. The van der Waals surface area contributed by atoms with E-state index in [-0.39, 0.29) is 11.8 Å². The molecule has 112 valence electrons. The number of hydrogen-bond donors (Lipinski definition) is 2. The zero-order valence-corrected chi connectivity index (χ0v) is 12.1. The summed E-state index contributed by atoms with van der Waals surface area (Å²) >= 11 is 0. The third kappa shape index (κ3) is 3.82. The van der Waals surface area contributed by atoms with Crippen LogP contribution in [0.2, 0.25) is 0 Å². The molecule has 1 saturated heterocycles. The quantitative estimate of drug-likeness (QED) is 0.838. The molecule has 0 radical (unpaired) electrons. The Balaban J connectivity index is 1.49. The van der Waals surface area contributed by atoms with E-state index in [1.165, 1.54) is 12.8 Å². The van der Waals surface area contributed by atoms with Crippen LogP contribution in [0.3, 0.4) is 0 Å². The molecule has 21 heavy (non-hydrogen) atoms. The molecule has 2 N–H and O–H groups in total. The van der Waals surface area contributed by atoms with E-state index in [1.807, 2.05) is 24.3 Å². The summed E-state index contributed by atoms with van der Waals surface area (Å²) < 4.78 is 0. The fourth-order valence-corrected chi connectivity index (χ4v) is 2.56. The summed E-state index contributed by atoms with van der Waals surface area (Å²) in [5, 5.41) is 6.02. The van der Waals surface area contributed by atoms with Crippen molar-refractivity contribution in [1.29, 1.82) is 0 Å². The number of carbonyl (C=O) groups is 2. The molecule has 1 saturated carbocycles. The van der Waals surface area contributed by atoms with E-state index >= 15 is 0 Å². The highest BCUT2D eigenvalue weighted by molar-refractivity contribution is 5.96. The third-order valence-corrected chi connectivity index (χ3v) is 3.95. The summed E-state index contributed by atoms with van der Waals surface area (Å²) in [5.74, 6) is 0.923. The Kier molecular flexibility index (Phi) is 4.20. The number of rotatable bonds is 6. The maximum Gasteiger partial charge on any atom is 0.238 e. The first-order chi connectivity index (χ1) is 10.2. The van der Waals surface area contributed by atoms with Gasteiger partial charge in [-0.2, -0.15) is 0 Å². The topological polar surface area (TPSA) is 61.4 Å². The van der Waals surface area contributed by atoms with Crippen molar-refractivity contribution in [2.24, 2.45) is 5.92 Å². The Morgan fingerprint density at radius 1 is 1.24 bits per heavy atom. The van der Waals surface area contributed by atoms with Crippen molar-refractivity contribution in [2.75, 3.05) is 29.9 Å². The van der Waals surface area contributed by atoms with Crippen LogP contribution >= 0.6 is 0 Å². The van der Waals surface area contributed by atoms with Crippen LogP contribution in [-0.2, 0) is 9.59 Å². The number of anilines is 2. The van der Waals surface area contributed by atoms with Gasteiger partial charge in [-0.25, -0.2) is 0 Å². The molecule has 0 atom stereocenters. The van der Waals surface area contributed by atoms with Gasteiger partial charge in [0.2, 0.25) is 11.8 Å². The predicted octanol–water partition coefficient (Wildman–Crippen LogP) is 1.75. The van der Waals surface area contributed by atoms with E-state index in [9.17, 15) is 9.59 Å². The normalized spacial score (nSPS) is 18.1. The van der Waals surface area contributed by atoms with Gasteiger partial charge in [0.15, 0.2) is 0 Å². The molecule has 0 bridgehead atoms. The lowest BCUT2D eigenvalue weighted by molar-refractivity contribution is -0.117. The van der Waals surface area contributed by atoms with Gasteiger partial charge in [0.25, 0.3) is 0 Å². The third-order valence-electron chi connectivity index (χ3n) is 3.95. The number of hydrogen-bond acceptors (Lipinski definition) is 3. The van der Waals surface area contributed by atoms with E-state index in [2.05, 4.69) is 10.6 Å². The molecule has 0 spiro atoms. The molecular formula is C16H21N3O2. The number of carbonyl (C=O) groups excluding carboxylic acids is 2. The molecular weight excluding hydrogens is 266 g/mol. The van der Waals surface area contributed by atoms with Gasteiger partial charge in [-0.15, -0.1) is 0 Å². The second kappa shape index (κ2) is 6.26. The fraction of sp³-hybridized carbons (Fsp3) is 0.500. The van der Waals surface area contributed by atoms with Crippen LogP contribution in [0.1, 0.15) is 25.7 Å². The van der Waals surface area contributed by atoms with Gasteiger partial charge < -0.3 is 15.5 Å². The molecule has 1 aromatic rings. The second-order valence-corrected chi connectivity index (χ2v) is 5.82. The largest absolute Gasteiger partial charge is 0.325 e. The van der Waals surface area contributed by atoms with Gasteiger partial charge in [0, 0.05) is 24.3 Å². The van der Waals surface area contributed by atoms with Crippen LogP contribution < -0.4 is 15.5 Å². The lowest BCUT2D eigenvalue weighted by Gasteiger charge is -2.16. The van der Waals surface area contributed by atoms with Crippen LogP contribution in [0.4, 0.5) is 11.4 Å². The van der Waals surface area contributed by atoms with Crippen LogP contribution in [0.5, 0.6) is 0 Å². The lowest BCUT2D eigenvalue weighted by atomic mass is 10.2. The Hall–Kier alpha value is -1.88. The van der Waals surface area contributed by atoms with E-state index in [0.29, 0.717) is 13.0 Å². The smallest absolute Gasteiger partial charge is 0.238 e. The van der Waals surface area contributed by atoms with Gasteiger partial charge >= 0.3 is 0 Å². The van der Waals surface area contributed by atoms with E-state index in [1.54, 1.807) is 4.90 Å². The lowest BCUT2D eigenvalue weighted by Crippen LogP contribution is -2.29. The minimum atomic E-state index is -0.0272. The molecule has 5 heteroatoms. The van der Waals surface area contributed by atoms with Crippen molar-refractivity contribution in [3.63, 3.8) is 0 Å². The van der Waals surface area contributed by atoms with Crippen molar-refractivity contribution in [3.05, 3.63) is 24.3 Å². The summed E-state index contributed by atoms with van der Waals surface area (Å²) in [7, 11) is 0. The SMILES string of the molecule is O=C(CNCC1CC1)Nc1ccc(N2CCCC2=O)cc1. The van der Waals surface area contributed by atoms with E-state index < -0.39 is 0 Å². The van der Waals surface area contributed by atoms with Gasteiger partial charge in [-0.3, -0.25) is 9.59 Å².